The van der Waals surface area contributed by atoms with Crippen LogP contribution in [-0.2, 0) is 0 Å². The van der Waals surface area contributed by atoms with Gasteiger partial charge in [-0.05, 0) is 56.0 Å². The lowest BCUT2D eigenvalue weighted by Crippen LogP contribution is -2.08. The molecule has 0 aromatic heterocycles. The average molecular weight is 269 g/mol. The first-order valence-corrected chi connectivity index (χ1v) is 7.12. The molecule has 1 unspecified atom stereocenters. The van der Waals surface area contributed by atoms with Gasteiger partial charge in [-0.1, -0.05) is 35.9 Å². The molecule has 2 rings (SSSR count). The van der Waals surface area contributed by atoms with Crippen molar-refractivity contribution in [2.75, 3.05) is 11.9 Å². The summed E-state index contributed by atoms with van der Waals surface area (Å²) in [7, 11) is 0. The van der Waals surface area contributed by atoms with Gasteiger partial charge >= 0.3 is 0 Å². The second-order valence-corrected chi connectivity index (χ2v) is 5.44. The maximum atomic E-state index is 10.2. The summed E-state index contributed by atoms with van der Waals surface area (Å²) < 4.78 is 0. The van der Waals surface area contributed by atoms with E-state index in [1.165, 1.54) is 16.7 Å². The number of aliphatic hydroxyl groups is 1. The van der Waals surface area contributed by atoms with Crippen LogP contribution in [0.5, 0.6) is 0 Å². The Balaban J connectivity index is 1.87. The van der Waals surface area contributed by atoms with Gasteiger partial charge in [0, 0.05) is 12.2 Å². The number of hydrogen-bond acceptors (Lipinski definition) is 2. The largest absolute Gasteiger partial charge is 0.388 e. The van der Waals surface area contributed by atoms with Crippen LogP contribution in [0.1, 0.15) is 34.8 Å². The molecule has 2 aromatic carbocycles. The third-order valence-corrected chi connectivity index (χ3v) is 3.71. The van der Waals surface area contributed by atoms with Gasteiger partial charge in [0.15, 0.2) is 0 Å². The van der Waals surface area contributed by atoms with Gasteiger partial charge in [0.25, 0.3) is 0 Å². The summed E-state index contributed by atoms with van der Waals surface area (Å²) in [5, 5.41) is 13.6. The molecule has 0 bridgehead atoms. The molecule has 2 nitrogen and oxygen atoms in total. The normalized spacial score (nSPS) is 12.2. The topological polar surface area (TPSA) is 32.3 Å². The summed E-state index contributed by atoms with van der Waals surface area (Å²) in [5.74, 6) is 0. The first-order valence-electron chi connectivity index (χ1n) is 7.12. The van der Waals surface area contributed by atoms with E-state index in [0.717, 1.165) is 17.8 Å². The molecule has 2 aromatic rings. The summed E-state index contributed by atoms with van der Waals surface area (Å²) in [6.45, 7) is 7.00. The zero-order chi connectivity index (χ0) is 14.5. The fraction of sp³-hybridized carbons (Fsp3) is 0.333. The average Bonchev–Trinajstić information content (AvgIpc) is 2.44. The van der Waals surface area contributed by atoms with Gasteiger partial charge in [0.1, 0.15) is 0 Å². The van der Waals surface area contributed by atoms with Crippen LogP contribution >= 0.6 is 0 Å². The van der Waals surface area contributed by atoms with Crippen molar-refractivity contribution in [3.8, 4) is 0 Å². The van der Waals surface area contributed by atoms with Crippen LogP contribution in [-0.4, -0.2) is 11.7 Å². The van der Waals surface area contributed by atoms with Crippen molar-refractivity contribution in [3.05, 3.63) is 64.7 Å². The van der Waals surface area contributed by atoms with E-state index in [1.54, 1.807) is 0 Å². The number of rotatable bonds is 5. The Morgan fingerprint density at radius 1 is 0.950 bits per heavy atom. The van der Waals surface area contributed by atoms with E-state index in [9.17, 15) is 5.11 Å². The summed E-state index contributed by atoms with van der Waals surface area (Å²) in [4.78, 5) is 0. The predicted molar refractivity (Wildman–Crippen MR) is 85.2 cm³/mol. The van der Waals surface area contributed by atoms with Gasteiger partial charge < -0.3 is 10.4 Å². The number of anilines is 1. The molecule has 0 spiro atoms. The Labute approximate surface area is 121 Å². The SMILES string of the molecule is Cc1ccc(NCCC(O)c2ccc(C)c(C)c2)cc1. The summed E-state index contributed by atoms with van der Waals surface area (Å²) >= 11 is 0. The maximum absolute atomic E-state index is 10.2. The first-order chi connectivity index (χ1) is 9.56. The van der Waals surface area contributed by atoms with E-state index < -0.39 is 6.10 Å². The highest BCUT2D eigenvalue weighted by atomic mass is 16.3. The Kier molecular flexibility index (Phi) is 4.80. The molecule has 0 radical (unpaired) electrons. The molecule has 1 atom stereocenters. The van der Waals surface area contributed by atoms with E-state index in [1.807, 2.05) is 6.07 Å². The highest BCUT2D eigenvalue weighted by molar-refractivity contribution is 5.44. The van der Waals surface area contributed by atoms with Crippen LogP contribution in [0.2, 0.25) is 0 Å². The molecule has 2 heteroatoms. The lowest BCUT2D eigenvalue weighted by Gasteiger charge is -2.14. The van der Waals surface area contributed by atoms with Gasteiger partial charge in [0.05, 0.1) is 6.10 Å². The first kappa shape index (κ1) is 14.6. The van der Waals surface area contributed by atoms with E-state index in [4.69, 9.17) is 0 Å². The molecule has 0 saturated carbocycles. The van der Waals surface area contributed by atoms with Crippen molar-refractivity contribution >= 4 is 5.69 Å². The van der Waals surface area contributed by atoms with Gasteiger partial charge in [-0.2, -0.15) is 0 Å². The predicted octanol–water partition coefficient (Wildman–Crippen LogP) is 4.15. The smallest absolute Gasteiger partial charge is 0.0806 e. The molecule has 20 heavy (non-hydrogen) atoms. The third-order valence-electron chi connectivity index (χ3n) is 3.71. The molecule has 2 N–H and O–H groups in total. The highest BCUT2D eigenvalue weighted by Crippen LogP contribution is 2.20. The monoisotopic (exact) mass is 269 g/mol. The summed E-state index contributed by atoms with van der Waals surface area (Å²) in [6, 6.07) is 14.5. The lowest BCUT2D eigenvalue weighted by molar-refractivity contribution is 0.171. The standard InChI is InChI=1S/C18H23NO/c1-13-4-8-17(9-5-13)19-11-10-18(20)16-7-6-14(2)15(3)12-16/h4-9,12,18-20H,10-11H2,1-3H3. The minimum Gasteiger partial charge on any atom is -0.388 e. The molecular formula is C18H23NO. The van der Waals surface area contributed by atoms with Crippen molar-refractivity contribution in [1.82, 2.24) is 0 Å². The van der Waals surface area contributed by atoms with Crippen molar-refractivity contribution in [2.45, 2.75) is 33.3 Å². The fourth-order valence-electron chi connectivity index (χ4n) is 2.16. The molecular weight excluding hydrogens is 246 g/mol. The zero-order valence-electron chi connectivity index (χ0n) is 12.5. The second-order valence-electron chi connectivity index (χ2n) is 5.44. The number of aliphatic hydroxyl groups excluding tert-OH is 1. The van der Waals surface area contributed by atoms with Crippen LogP contribution in [0.4, 0.5) is 5.69 Å². The number of benzene rings is 2. The quantitative estimate of drug-likeness (QED) is 0.854. The van der Waals surface area contributed by atoms with Gasteiger partial charge in [0.2, 0.25) is 0 Å². The van der Waals surface area contributed by atoms with Crippen LogP contribution in [0.3, 0.4) is 0 Å². The Morgan fingerprint density at radius 2 is 1.65 bits per heavy atom. The molecule has 106 valence electrons. The van der Waals surface area contributed by atoms with E-state index in [-0.39, 0.29) is 0 Å². The van der Waals surface area contributed by atoms with Crippen molar-refractivity contribution in [3.63, 3.8) is 0 Å². The van der Waals surface area contributed by atoms with Crippen molar-refractivity contribution in [1.29, 1.82) is 0 Å². The van der Waals surface area contributed by atoms with Gasteiger partial charge in [-0.15, -0.1) is 0 Å². The molecule has 0 aliphatic rings. The van der Waals surface area contributed by atoms with E-state index in [0.29, 0.717) is 6.42 Å². The molecule has 0 saturated heterocycles. The number of nitrogens with one attached hydrogen (secondary N) is 1. The number of aryl methyl sites for hydroxylation is 3. The van der Waals surface area contributed by atoms with Crippen molar-refractivity contribution < 1.29 is 5.11 Å². The molecule has 0 heterocycles. The van der Waals surface area contributed by atoms with Crippen molar-refractivity contribution in [2.24, 2.45) is 0 Å². The molecule has 0 aliphatic heterocycles. The maximum Gasteiger partial charge on any atom is 0.0806 e. The third kappa shape index (κ3) is 3.84. The second kappa shape index (κ2) is 6.58. The van der Waals surface area contributed by atoms with E-state index in [2.05, 4.69) is 62.5 Å². The van der Waals surface area contributed by atoms with Gasteiger partial charge in [-0.25, -0.2) is 0 Å². The molecule has 0 fully saturated rings. The minimum absolute atomic E-state index is 0.410. The zero-order valence-corrected chi connectivity index (χ0v) is 12.5. The Bertz CT molecular complexity index is 560. The lowest BCUT2D eigenvalue weighted by atomic mass is 10.0. The van der Waals surface area contributed by atoms with Crippen LogP contribution in [0, 0.1) is 20.8 Å². The van der Waals surface area contributed by atoms with E-state index >= 15 is 0 Å². The summed E-state index contributed by atoms with van der Waals surface area (Å²) in [6.07, 6.45) is 0.295. The molecule has 0 aliphatic carbocycles. The van der Waals surface area contributed by atoms with Crippen LogP contribution in [0.25, 0.3) is 0 Å². The van der Waals surface area contributed by atoms with Crippen LogP contribution < -0.4 is 5.32 Å². The van der Waals surface area contributed by atoms with Gasteiger partial charge in [-0.3, -0.25) is 0 Å². The van der Waals surface area contributed by atoms with Crippen LogP contribution in [0.15, 0.2) is 42.5 Å². The fourth-order valence-corrected chi connectivity index (χ4v) is 2.16. The highest BCUT2D eigenvalue weighted by Gasteiger charge is 2.08. The Hall–Kier alpha value is -1.80. The summed E-state index contributed by atoms with van der Waals surface area (Å²) in [5.41, 5.74) is 5.85. The minimum atomic E-state index is -0.410. The Morgan fingerprint density at radius 3 is 2.30 bits per heavy atom. The molecule has 0 amide bonds. The number of hydrogen-bond donors (Lipinski definition) is 2.